The van der Waals surface area contributed by atoms with Crippen molar-refractivity contribution in [3.8, 4) is 0 Å². The number of amides is 1. The van der Waals surface area contributed by atoms with Crippen molar-refractivity contribution in [2.24, 2.45) is 11.5 Å². The highest BCUT2D eigenvalue weighted by molar-refractivity contribution is 5.94. The SMILES string of the molecule is CCCCC(=O)[C@H](OC(=O)CCCCCCCCCN)[C@@H](OC(=O)CCCCCCCCCN)C(=O)NCCC. The normalized spacial score (nSPS) is 12.5. The van der Waals surface area contributed by atoms with E-state index >= 15 is 0 Å². The Balaban J connectivity index is 5.06. The zero-order chi connectivity index (χ0) is 29.8. The number of hydrogen-bond donors (Lipinski definition) is 3. The van der Waals surface area contributed by atoms with Crippen molar-refractivity contribution in [3.63, 3.8) is 0 Å². The quantitative estimate of drug-likeness (QED) is 0.0853. The molecular formula is C31H59N3O6. The summed E-state index contributed by atoms with van der Waals surface area (Å²) in [5.41, 5.74) is 11.0. The molecule has 0 aliphatic heterocycles. The van der Waals surface area contributed by atoms with Gasteiger partial charge in [-0.25, -0.2) is 0 Å². The number of Topliss-reactive ketones (excluding diaryl/α,β-unsaturated/α-hetero) is 1. The minimum absolute atomic E-state index is 0.148. The Morgan fingerprint density at radius 3 is 1.40 bits per heavy atom. The molecule has 0 aliphatic carbocycles. The highest BCUT2D eigenvalue weighted by atomic mass is 16.6. The summed E-state index contributed by atoms with van der Waals surface area (Å²) in [4.78, 5) is 51.5. The minimum Gasteiger partial charge on any atom is -0.450 e. The second-order valence-corrected chi connectivity index (χ2v) is 10.7. The summed E-state index contributed by atoms with van der Waals surface area (Å²) < 4.78 is 11.1. The molecule has 0 aromatic rings. The van der Waals surface area contributed by atoms with Gasteiger partial charge in [-0.3, -0.25) is 19.2 Å². The number of nitrogens with one attached hydrogen (secondary N) is 1. The van der Waals surface area contributed by atoms with Crippen LogP contribution in [0.3, 0.4) is 0 Å². The molecule has 0 spiro atoms. The van der Waals surface area contributed by atoms with Crippen molar-refractivity contribution >= 4 is 23.6 Å². The van der Waals surface area contributed by atoms with Crippen LogP contribution in [0.4, 0.5) is 0 Å². The van der Waals surface area contributed by atoms with E-state index in [1.54, 1.807) is 0 Å². The standard InChI is InChI=1S/C31H59N3O6/c1-3-5-20-26(35)29(39-27(36)21-16-12-8-6-10-14-18-23-32)30(31(38)34-25-4-2)40-28(37)22-17-13-9-7-11-15-19-24-33/h29-30H,3-25,32-33H2,1-2H3,(H,34,38)/t29-,30+/m0/s1. The van der Waals surface area contributed by atoms with E-state index in [4.69, 9.17) is 20.9 Å². The fourth-order valence-corrected chi connectivity index (χ4v) is 4.39. The Kier molecular flexibility index (Phi) is 25.8. The summed E-state index contributed by atoms with van der Waals surface area (Å²) in [5.74, 6) is -2.09. The van der Waals surface area contributed by atoms with Crippen molar-refractivity contribution in [1.82, 2.24) is 5.32 Å². The van der Waals surface area contributed by atoms with Gasteiger partial charge >= 0.3 is 11.9 Å². The molecule has 0 rings (SSSR count). The van der Waals surface area contributed by atoms with Gasteiger partial charge in [-0.1, -0.05) is 84.5 Å². The van der Waals surface area contributed by atoms with Gasteiger partial charge in [-0.2, -0.15) is 0 Å². The van der Waals surface area contributed by atoms with Gasteiger partial charge in [0.05, 0.1) is 0 Å². The van der Waals surface area contributed by atoms with Gasteiger partial charge in [0.2, 0.25) is 12.2 Å². The largest absolute Gasteiger partial charge is 0.450 e. The number of hydrogen-bond acceptors (Lipinski definition) is 8. The van der Waals surface area contributed by atoms with E-state index < -0.39 is 35.8 Å². The first-order valence-electron chi connectivity index (χ1n) is 16.0. The molecule has 0 aromatic heterocycles. The first-order valence-corrected chi connectivity index (χ1v) is 16.0. The molecule has 0 aromatic carbocycles. The minimum atomic E-state index is -1.48. The lowest BCUT2D eigenvalue weighted by atomic mass is 10.0. The summed E-state index contributed by atoms with van der Waals surface area (Å²) in [5, 5.41) is 2.71. The summed E-state index contributed by atoms with van der Waals surface area (Å²) in [6, 6.07) is 0. The number of esters is 2. The van der Waals surface area contributed by atoms with E-state index in [0.717, 1.165) is 83.5 Å². The topological polar surface area (TPSA) is 151 Å². The molecule has 40 heavy (non-hydrogen) atoms. The highest BCUT2D eigenvalue weighted by Gasteiger charge is 2.39. The van der Waals surface area contributed by atoms with Gasteiger partial charge in [0.1, 0.15) is 0 Å². The molecule has 5 N–H and O–H groups in total. The molecule has 1 amide bonds. The lowest BCUT2D eigenvalue weighted by Gasteiger charge is -2.25. The average molecular weight is 570 g/mol. The van der Waals surface area contributed by atoms with Crippen LogP contribution >= 0.6 is 0 Å². The molecule has 9 nitrogen and oxygen atoms in total. The second-order valence-electron chi connectivity index (χ2n) is 10.7. The molecule has 0 bridgehead atoms. The zero-order valence-electron chi connectivity index (χ0n) is 25.5. The number of ketones is 1. The Morgan fingerprint density at radius 2 is 0.975 bits per heavy atom. The molecule has 0 aliphatic rings. The molecule has 0 saturated carbocycles. The summed E-state index contributed by atoms with van der Waals surface area (Å²) in [6.07, 6.45) is 13.4. The van der Waals surface area contributed by atoms with Gasteiger partial charge in [0, 0.05) is 25.8 Å². The predicted molar refractivity (Wildman–Crippen MR) is 160 cm³/mol. The van der Waals surface area contributed by atoms with E-state index in [1.165, 1.54) is 0 Å². The van der Waals surface area contributed by atoms with Crippen molar-refractivity contribution in [2.45, 2.75) is 154 Å². The highest BCUT2D eigenvalue weighted by Crippen LogP contribution is 2.16. The van der Waals surface area contributed by atoms with Gasteiger partial charge in [0.15, 0.2) is 5.78 Å². The van der Waals surface area contributed by atoms with E-state index in [9.17, 15) is 19.2 Å². The third-order valence-electron chi connectivity index (χ3n) is 6.86. The van der Waals surface area contributed by atoms with Crippen LogP contribution in [0.15, 0.2) is 0 Å². The lowest BCUT2D eigenvalue weighted by molar-refractivity contribution is -0.176. The van der Waals surface area contributed by atoms with Gasteiger partial charge in [0.25, 0.3) is 5.91 Å². The number of ether oxygens (including phenoxy) is 2. The third kappa shape index (κ3) is 20.8. The summed E-state index contributed by atoms with van der Waals surface area (Å²) in [6.45, 7) is 5.65. The Labute approximate surface area is 243 Å². The van der Waals surface area contributed by atoms with Crippen LogP contribution in [0.5, 0.6) is 0 Å². The predicted octanol–water partition coefficient (Wildman–Crippen LogP) is 5.25. The molecule has 2 atom stereocenters. The summed E-state index contributed by atoms with van der Waals surface area (Å²) in [7, 11) is 0. The van der Waals surface area contributed by atoms with Gasteiger partial charge in [-0.05, 0) is 51.6 Å². The first kappa shape index (κ1) is 38.0. The van der Waals surface area contributed by atoms with Crippen molar-refractivity contribution in [1.29, 1.82) is 0 Å². The molecule has 0 unspecified atom stereocenters. The molecule has 0 radical (unpaired) electrons. The van der Waals surface area contributed by atoms with Gasteiger partial charge in [-0.15, -0.1) is 0 Å². The van der Waals surface area contributed by atoms with E-state index in [2.05, 4.69) is 5.32 Å². The van der Waals surface area contributed by atoms with Crippen molar-refractivity contribution in [3.05, 3.63) is 0 Å². The van der Waals surface area contributed by atoms with Crippen LogP contribution in [0.25, 0.3) is 0 Å². The van der Waals surface area contributed by atoms with Gasteiger partial charge < -0.3 is 26.3 Å². The molecule has 234 valence electrons. The number of carbonyl (C=O) groups excluding carboxylic acids is 4. The molecule has 9 heteroatoms. The molecule has 0 heterocycles. The number of nitrogens with two attached hydrogens (primary N) is 2. The molecule has 0 saturated heterocycles. The van der Waals surface area contributed by atoms with Crippen molar-refractivity contribution in [2.75, 3.05) is 19.6 Å². The first-order chi connectivity index (χ1) is 19.4. The molecule has 0 fully saturated rings. The van der Waals surface area contributed by atoms with Crippen LogP contribution in [0.2, 0.25) is 0 Å². The van der Waals surface area contributed by atoms with Crippen LogP contribution in [0.1, 0.15) is 142 Å². The maximum atomic E-state index is 13.1. The third-order valence-corrected chi connectivity index (χ3v) is 6.86. The van der Waals surface area contributed by atoms with E-state index in [0.29, 0.717) is 45.3 Å². The Hall–Kier alpha value is -2.00. The zero-order valence-corrected chi connectivity index (χ0v) is 25.5. The fourth-order valence-electron chi connectivity index (χ4n) is 4.39. The fraction of sp³-hybridized carbons (Fsp3) is 0.871. The number of carbonyl (C=O) groups is 4. The van der Waals surface area contributed by atoms with Crippen molar-refractivity contribution < 1.29 is 28.7 Å². The monoisotopic (exact) mass is 569 g/mol. The Morgan fingerprint density at radius 1 is 0.550 bits per heavy atom. The van der Waals surface area contributed by atoms with Crippen LogP contribution in [0, 0.1) is 0 Å². The Bertz CT molecular complexity index is 617. The second kappa shape index (κ2) is 27.2. The molecular weight excluding hydrogens is 510 g/mol. The van der Waals surface area contributed by atoms with Crippen LogP contribution in [-0.2, 0) is 28.7 Å². The van der Waals surface area contributed by atoms with Crippen LogP contribution in [-0.4, -0.2) is 55.5 Å². The lowest BCUT2D eigenvalue weighted by Crippen LogP contribution is -2.50. The smallest absolute Gasteiger partial charge is 0.306 e. The maximum absolute atomic E-state index is 13.1. The number of rotatable bonds is 28. The summed E-state index contributed by atoms with van der Waals surface area (Å²) >= 11 is 0. The maximum Gasteiger partial charge on any atom is 0.306 e. The van der Waals surface area contributed by atoms with Crippen LogP contribution < -0.4 is 16.8 Å². The van der Waals surface area contributed by atoms with E-state index in [-0.39, 0.29) is 19.3 Å². The van der Waals surface area contributed by atoms with E-state index in [1.807, 2.05) is 13.8 Å². The number of unbranched alkanes of at least 4 members (excludes halogenated alkanes) is 13. The average Bonchev–Trinajstić information content (AvgIpc) is 2.95.